The molecule has 0 radical (unpaired) electrons. The average Bonchev–Trinajstić information content (AvgIpc) is 2.55. The van der Waals surface area contributed by atoms with E-state index in [4.69, 9.17) is 5.11 Å². The van der Waals surface area contributed by atoms with Crippen LogP contribution in [-0.2, 0) is 10.0 Å². The number of aromatic nitrogens is 1. The molecule has 0 aliphatic rings. The lowest BCUT2D eigenvalue weighted by molar-refractivity contribution is 0.0693. The van der Waals surface area contributed by atoms with Gasteiger partial charge in [0.15, 0.2) is 0 Å². The van der Waals surface area contributed by atoms with E-state index in [9.17, 15) is 18.3 Å². The molecule has 0 saturated heterocycles. The third kappa shape index (κ3) is 2.86. The van der Waals surface area contributed by atoms with E-state index in [1.54, 1.807) is 24.3 Å². The van der Waals surface area contributed by atoms with Gasteiger partial charge in [0, 0.05) is 17.3 Å². The van der Waals surface area contributed by atoms with E-state index in [0.29, 0.717) is 10.9 Å². The summed E-state index contributed by atoms with van der Waals surface area (Å²) in [6.07, 6.45) is 1.49. The highest BCUT2D eigenvalue weighted by atomic mass is 32.2. The fourth-order valence-corrected chi connectivity index (χ4v) is 3.50. The molecule has 3 N–H and O–H groups in total. The number of pyridine rings is 1. The van der Waals surface area contributed by atoms with Crippen LogP contribution < -0.4 is 4.72 Å². The van der Waals surface area contributed by atoms with Crippen molar-refractivity contribution in [1.82, 2.24) is 4.98 Å². The first-order valence-electron chi connectivity index (χ1n) is 6.81. The SMILES string of the molecule is O=C(O)c1cc(NS(=O)(=O)c2cccc3cccnc23)ccc1O. The number of rotatable bonds is 4. The van der Waals surface area contributed by atoms with E-state index in [-0.39, 0.29) is 10.6 Å². The van der Waals surface area contributed by atoms with Crippen LogP contribution >= 0.6 is 0 Å². The summed E-state index contributed by atoms with van der Waals surface area (Å²) in [6, 6.07) is 11.6. The van der Waals surface area contributed by atoms with Crippen LogP contribution in [0.15, 0.2) is 59.6 Å². The number of carbonyl (C=O) groups is 1. The topological polar surface area (TPSA) is 117 Å². The zero-order valence-electron chi connectivity index (χ0n) is 12.2. The van der Waals surface area contributed by atoms with Gasteiger partial charge in [0.05, 0.1) is 5.52 Å². The summed E-state index contributed by atoms with van der Waals surface area (Å²) in [4.78, 5) is 15.1. The van der Waals surface area contributed by atoms with E-state index in [1.165, 1.54) is 18.3 Å². The highest BCUT2D eigenvalue weighted by Crippen LogP contribution is 2.26. The number of hydrogen-bond donors (Lipinski definition) is 3. The molecule has 0 aliphatic carbocycles. The van der Waals surface area contributed by atoms with Gasteiger partial charge >= 0.3 is 5.97 Å². The largest absolute Gasteiger partial charge is 0.507 e. The number of sulfonamides is 1. The van der Waals surface area contributed by atoms with Gasteiger partial charge in [-0.05, 0) is 30.3 Å². The van der Waals surface area contributed by atoms with Crippen molar-refractivity contribution < 1.29 is 23.4 Å². The normalized spacial score (nSPS) is 11.3. The predicted molar refractivity (Wildman–Crippen MR) is 87.6 cm³/mol. The highest BCUT2D eigenvalue weighted by molar-refractivity contribution is 7.93. The Balaban J connectivity index is 2.06. The molecule has 1 aromatic heterocycles. The van der Waals surface area contributed by atoms with Crippen LogP contribution in [-0.4, -0.2) is 29.6 Å². The molecule has 0 bridgehead atoms. The number of carboxylic acids is 1. The molecule has 0 unspecified atom stereocenters. The van der Waals surface area contributed by atoms with Gasteiger partial charge in [0.2, 0.25) is 0 Å². The van der Waals surface area contributed by atoms with Gasteiger partial charge in [0.1, 0.15) is 16.2 Å². The summed E-state index contributed by atoms with van der Waals surface area (Å²) in [5, 5.41) is 19.2. The Hall–Kier alpha value is -3.13. The van der Waals surface area contributed by atoms with Crippen molar-refractivity contribution in [2.24, 2.45) is 0 Å². The number of aromatic carboxylic acids is 1. The van der Waals surface area contributed by atoms with E-state index in [1.807, 2.05) is 0 Å². The quantitative estimate of drug-likeness (QED) is 0.626. The molecule has 0 saturated carbocycles. The molecule has 3 aromatic rings. The standard InChI is InChI=1S/C16H12N2O5S/c19-13-7-6-11(9-12(13)16(20)21)18-24(22,23)14-5-1-3-10-4-2-8-17-15(10)14/h1-9,18-19H,(H,20,21). The number of phenols is 1. The first kappa shape index (κ1) is 15.8. The Morgan fingerprint density at radius 2 is 1.83 bits per heavy atom. The maximum atomic E-state index is 12.6. The molecule has 122 valence electrons. The van der Waals surface area contributed by atoms with Crippen molar-refractivity contribution >= 4 is 32.6 Å². The van der Waals surface area contributed by atoms with Crippen LogP contribution in [0, 0.1) is 0 Å². The summed E-state index contributed by atoms with van der Waals surface area (Å²) < 4.78 is 27.5. The molecule has 0 atom stereocenters. The molecule has 3 rings (SSSR count). The number of benzene rings is 2. The maximum absolute atomic E-state index is 12.6. The molecule has 24 heavy (non-hydrogen) atoms. The van der Waals surface area contributed by atoms with Gasteiger partial charge in [-0.2, -0.15) is 0 Å². The van der Waals surface area contributed by atoms with Crippen LogP contribution in [0.25, 0.3) is 10.9 Å². The molecule has 0 fully saturated rings. The fraction of sp³-hybridized carbons (Fsp3) is 0. The van der Waals surface area contributed by atoms with E-state index in [0.717, 1.165) is 12.1 Å². The molecule has 0 amide bonds. The van der Waals surface area contributed by atoms with Crippen LogP contribution in [0.5, 0.6) is 5.75 Å². The van der Waals surface area contributed by atoms with Crippen molar-refractivity contribution in [2.45, 2.75) is 4.90 Å². The summed E-state index contributed by atoms with van der Waals surface area (Å²) >= 11 is 0. The summed E-state index contributed by atoms with van der Waals surface area (Å²) in [5.41, 5.74) is -0.0610. The summed E-state index contributed by atoms with van der Waals surface area (Å²) in [5.74, 6) is -1.81. The second-order valence-corrected chi connectivity index (χ2v) is 6.62. The number of nitrogens with one attached hydrogen (secondary N) is 1. The number of fused-ring (bicyclic) bond motifs is 1. The zero-order chi connectivity index (χ0) is 17.3. The molecule has 7 nitrogen and oxygen atoms in total. The van der Waals surface area contributed by atoms with Crippen molar-refractivity contribution in [2.75, 3.05) is 4.72 Å². The van der Waals surface area contributed by atoms with Gasteiger partial charge in [-0.1, -0.05) is 18.2 Å². The lowest BCUT2D eigenvalue weighted by atomic mass is 10.2. The van der Waals surface area contributed by atoms with Gasteiger partial charge in [-0.15, -0.1) is 0 Å². The average molecular weight is 344 g/mol. The fourth-order valence-electron chi connectivity index (χ4n) is 2.27. The van der Waals surface area contributed by atoms with E-state index in [2.05, 4.69) is 9.71 Å². The summed E-state index contributed by atoms with van der Waals surface area (Å²) in [6.45, 7) is 0. The lowest BCUT2D eigenvalue weighted by Crippen LogP contribution is -2.14. The second kappa shape index (κ2) is 5.82. The Kier molecular flexibility index (Phi) is 3.82. The van der Waals surface area contributed by atoms with Gasteiger partial charge < -0.3 is 10.2 Å². The molecule has 1 heterocycles. The highest BCUT2D eigenvalue weighted by Gasteiger charge is 2.19. The molecule has 0 aliphatic heterocycles. The number of hydrogen-bond acceptors (Lipinski definition) is 5. The smallest absolute Gasteiger partial charge is 0.339 e. The zero-order valence-corrected chi connectivity index (χ0v) is 13.0. The van der Waals surface area contributed by atoms with Gasteiger partial charge in [-0.3, -0.25) is 9.71 Å². The van der Waals surface area contributed by atoms with Gasteiger partial charge in [-0.25, -0.2) is 13.2 Å². The van der Waals surface area contributed by atoms with E-state index >= 15 is 0 Å². The van der Waals surface area contributed by atoms with Crippen molar-refractivity contribution in [3.8, 4) is 5.75 Å². The number of carboxylic acid groups (broad SMARTS) is 1. The first-order valence-corrected chi connectivity index (χ1v) is 8.30. The third-order valence-corrected chi connectivity index (χ3v) is 4.78. The Labute approximate surface area is 137 Å². The lowest BCUT2D eigenvalue weighted by Gasteiger charge is -2.11. The molecular weight excluding hydrogens is 332 g/mol. The minimum absolute atomic E-state index is 0.0226. The number of anilines is 1. The van der Waals surface area contributed by atoms with Gasteiger partial charge in [0.25, 0.3) is 10.0 Å². The minimum atomic E-state index is -3.98. The molecule has 0 spiro atoms. The Morgan fingerprint density at radius 3 is 2.58 bits per heavy atom. The molecule has 2 aromatic carbocycles. The van der Waals surface area contributed by atoms with Crippen LogP contribution in [0.4, 0.5) is 5.69 Å². The molecule has 8 heteroatoms. The first-order chi connectivity index (χ1) is 11.4. The van der Waals surface area contributed by atoms with Crippen molar-refractivity contribution in [3.05, 3.63) is 60.3 Å². The van der Waals surface area contributed by atoms with E-state index < -0.39 is 27.3 Å². The third-order valence-electron chi connectivity index (χ3n) is 3.36. The number of aromatic hydroxyl groups is 1. The molecular formula is C16H12N2O5S. The number of para-hydroxylation sites is 1. The second-order valence-electron chi connectivity index (χ2n) is 4.97. The predicted octanol–water partition coefficient (Wildman–Crippen LogP) is 2.44. The van der Waals surface area contributed by atoms with Crippen LogP contribution in [0.1, 0.15) is 10.4 Å². The van der Waals surface area contributed by atoms with Crippen molar-refractivity contribution in [3.63, 3.8) is 0 Å². The number of nitrogens with zero attached hydrogens (tertiary/aromatic N) is 1. The monoisotopic (exact) mass is 344 g/mol. The minimum Gasteiger partial charge on any atom is -0.507 e. The maximum Gasteiger partial charge on any atom is 0.339 e. The van der Waals surface area contributed by atoms with Crippen LogP contribution in [0.2, 0.25) is 0 Å². The van der Waals surface area contributed by atoms with Crippen molar-refractivity contribution in [1.29, 1.82) is 0 Å². The van der Waals surface area contributed by atoms with Crippen LogP contribution in [0.3, 0.4) is 0 Å². The Morgan fingerprint density at radius 1 is 1.08 bits per heavy atom. The summed E-state index contributed by atoms with van der Waals surface area (Å²) in [7, 11) is -3.98. The Bertz CT molecular complexity index is 1040.